The van der Waals surface area contributed by atoms with Gasteiger partial charge in [-0.15, -0.1) is 0 Å². The second-order valence-corrected chi connectivity index (χ2v) is 6.79. The molecule has 0 fully saturated rings. The van der Waals surface area contributed by atoms with Crippen molar-refractivity contribution in [2.75, 3.05) is 43.4 Å². The van der Waals surface area contributed by atoms with Gasteiger partial charge in [0.15, 0.2) is 5.65 Å². The van der Waals surface area contributed by atoms with E-state index in [-0.39, 0.29) is 5.82 Å². The van der Waals surface area contributed by atoms with Gasteiger partial charge in [-0.25, -0.2) is 13.9 Å². The Kier molecular flexibility index (Phi) is 5.35. The van der Waals surface area contributed by atoms with Crippen LogP contribution in [-0.2, 0) is 0 Å². The number of nitriles is 1. The molecule has 0 saturated heterocycles. The summed E-state index contributed by atoms with van der Waals surface area (Å²) in [4.78, 5) is 6.91. The topological polar surface area (TPSA) is 81.3 Å². The van der Waals surface area contributed by atoms with Gasteiger partial charge < -0.3 is 15.5 Å². The normalized spacial score (nSPS) is 15.3. The molecule has 1 aliphatic rings. The summed E-state index contributed by atoms with van der Waals surface area (Å²) in [5, 5.41) is 19.9. The Labute approximate surface area is 162 Å². The van der Waals surface area contributed by atoms with Crippen LogP contribution in [0, 0.1) is 17.1 Å². The van der Waals surface area contributed by atoms with Crippen molar-refractivity contribution in [2.45, 2.75) is 12.8 Å². The Morgan fingerprint density at radius 2 is 2.07 bits per heavy atom. The third kappa shape index (κ3) is 3.89. The Balaban J connectivity index is 1.69. The molecule has 2 aromatic heterocycles. The maximum Gasteiger partial charge on any atom is 0.165 e. The van der Waals surface area contributed by atoms with Crippen molar-refractivity contribution < 1.29 is 4.39 Å². The van der Waals surface area contributed by atoms with E-state index in [2.05, 4.69) is 31.7 Å². The number of aromatic nitrogens is 3. The molecule has 1 aliphatic heterocycles. The summed E-state index contributed by atoms with van der Waals surface area (Å²) < 4.78 is 16.2. The number of hydrogen-bond acceptors (Lipinski definition) is 6. The van der Waals surface area contributed by atoms with Crippen molar-refractivity contribution in [3.8, 4) is 17.2 Å². The van der Waals surface area contributed by atoms with Gasteiger partial charge in [-0.05, 0) is 37.2 Å². The molecule has 0 spiro atoms. The van der Waals surface area contributed by atoms with Gasteiger partial charge in [-0.2, -0.15) is 10.4 Å². The highest BCUT2D eigenvalue weighted by molar-refractivity contribution is 5.80. The van der Waals surface area contributed by atoms with Gasteiger partial charge in [0.25, 0.3) is 0 Å². The highest BCUT2D eigenvalue weighted by atomic mass is 19.1. The Hall–Kier alpha value is -3.18. The smallest absolute Gasteiger partial charge is 0.165 e. The molecule has 0 radical (unpaired) electrons. The maximum absolute atomic E-state index is 14.5. The molecule has 1 aromatic carbocycles. The molecule has 28 heavy (non-hydrogen) atoms. The molecular weight excluding hydrogens is 357 g/mol. The van der Waals surface area contributed by atoms with Gasteiger partial charge in [0.2, 0.25) is 0 Å². The quantitative estimate of drug-likeness (QED) is 0.712. The van der Waals surface area contributed by atoms with Gasteiger partial charge >= 0.3 is 0 Å². The Morgan fingerprint density at radius 1 is 1.14 bits per heavy atom. The van der Waals surface area contributed by atoms with Gasteiger partial charge in [0, 0.05) is 55.6 Å². The van der Waals surface area contributed by atoms with Gasteiger partial charge in [0.1, 0.15) is 11.6 Å². The molecule has 0 unspecified atom stereocenters. The van der Waals surface area contributed by atoms with Gasteiger partial charge in [-0.1, -0.05) is 0 Å². The SMILES string of the molecule is N#CCCN1CCCNc2ccc(F)c(c2)-c2cnn3ccc(nc23)NCC1. The summed E-state index contributed by atoms with van der Waals surface area (Å²) in [5.74, 6) is 0.423. The van der Waals surface area contributed by atoms with E-state index >= 15 is 0 Å². The third-order valence-corrected chi connectivity index (χ3v) is 4.88. The first-order valence-electron chi connectivity index (χ1n) is 9.46. The van der Waals surface area contributed by atoms with Crippen LogP contribution in [0.3, 0.4) is 0 Å². The summed E-state index contributed by atoms with van der Waals surface area (Å²) >= 11 is 0. The number of fused-ring (bicyclic) bond motifs is 4. The van der Waals surface area contributed by atoms with Crippen LogP contribution in [0.15, 0.2) is 36.7 Å². The second-order valence-electron chi connectivity index (χ2n) is 6.79. The number of rotatable bonds is 2. The van der Waals surface area contributed by atoms with Crippen LogP contribution < -0.4 is 10.6 Å². The summed E-state index contributed by atoms with van der Waals surface area (Å²) in [7, 11) is 0. The largest absolute Gasteiger partial charge is 0.385 e. The molecule has 4 bridgehead atoms. The van der Waals surface area contributed by atoms with Crippen molar-refractivity contribution in [2.24, 2.45) is 0 Å². The van der Waals surface area contributed by atoms with Crippen molar-refractivity contribution in [3.63, 3.8) is 0 Å². The first-order valence-corrected chi connectivity index (χ1v) is 9.46. The zero-order valence-corrected chi connectivity index (χ0v) is 15.5. The van der Waals surface area contributed by atoms with E-state index in [1.807, 2.05) is 12.3 Å². The molecule has 4 rings (SSSR count). The van der Waals surface area contributed by atoms with E-state index in [0.717, 1.165) is 44.1 Å². The van der Waals surface area contributed by atoms with E-state index in [0.29, 0.717) is 29.7 Å². The third-order valence-electron chi connectivity index (χ3n) is 4.88. The van der Waals surface area contributed by atoms with Crippen LogP contribution in [0.5, 0.6) is 0 Å². The lowest BCUT2D eigenvalue weighted by Gasteiger charge is -2.21. The van der Waals surface area contributed by atoms with Gasteiger partial charge in [-0.3, -0.25) is 0 Å². The minimum absolute atomic E-state index is 0.299. The number of halogens is 1. The summed E-state index contributed by atoms with van der Waals surface area (Å²) in [5.41, 5.74) is 2.62. The fourth-order valence-corrected chi connectivity index (χ4v) is 3.42. The molecule has 3 aromatic rings. The average Bonchev–Trinajstić information content (AvgIpc) is 3.12. The van der Waals surface area contributed by atoms with E-state index < -0.39 is 0 Å². The van der Waals surface area contributed by atoms with Crippen LogP contribution in [0.1, 0.15) is 12.8 Å². The molecule has 0 aliphatic carbocycles. The zero-order valence-electron chi connectivity index (χ0n) is 15.5. The Morgan fingerprint density at radius 3 is 2.96 bits per heavy atom. The molecule has 8 heteroatoms. The van der Waals surface area contributed by atoms with Crippen LogP contribution in [0.4, 0.5) is 15.9 Å². The molecule has 0 amide bonds. The predicted molar refractivity (Wildman–Crippen MR) is 107 cm³/mol. The van der Waals surface area contributed by atoms with E-state index in [1.165, 1.54) is 6.07 Å². The predicted octanol–water partition coefficient (Wildman–Crippen LogP) is 2.98. The van der Waals surface area contributed by atoms with Crippen LogP contribution in [0.25, 0.3) is 16.8 Å². The van der Waals surface area contributed by atoms with Crippen molar-refractivity contribution in [3.05, 3.63) is 42.5 Å². The molecule has 144 valence electrons. The van der Waals surface area contributed by atoms with Crippen LogP contribution in [0.2, 0.25) is 0 Å². The lowest BCUT2D eigenvalue weighted by molar-refractivity contribution is 0.289. The first kappa shape index (κ1) is 18.2. The van der Waals surface area contributed by atoms with Crippen molar-refractivity contribution in [1.29, 1.82) is 5.26 Å². The summed E-state index contributed by atoms with van der Waals surface area (Å²) in [6, 6.07) is 9.10. The molecular formula is C20H22FN7. The number of nitrogens with zero attached hydrogens (tertiary/aromatic N) is 5. The number of anilines is 2. The summed E-state index contributed by atoms with van der Waals surface area (Å²) in [6.45, 7) is 3.95. The van der Waals surface area contributed by atoms with E-state index in [1.54, 1.807) is 22.8 Å². The minimum Gasteiger partial charge on any atom is -0.385 e. The van der Waals surface area contributed by atoms with E-state index in [9.17, 15) is 4.39 Å². The lowest BCUT2D eigenvalue weighted by Crippen LogP contribution is -2.32. The summed E-state index contributed by atoms with van der Waals surface area (Å²) in [6.07, 6.45) is 4.91. The van der Waals surface area contributed by atoms with Crippen LogP contribution >= 0.6 is 0 Å². The monoisotopic (exact) mass is 379 g/mol. The molecule has 0 saturated carbocycles. The number of hydrogen-bond donors (Lipinski definition) is 2. The number of nitrogens with one attached hydrogen (secondary N) is 2. The zero-order chi connectivity index (χ0) is 19.3. The van der Waals surface area contributed by atoms with Crippen molar-refractivity contribution >= 4 is 17.2 Å². The van der Waals surface area contributed by atoms with Crippen LogP contribution in [-0.4, -0.2) is 52.2 Å². The fraction of sp³-hybridized carbons (Fsp3) is 0.350. The van der Waals surface area contributed by atoms with Crippen molar-refractivity contribution in [1.82, 2.24) is 19.5 Å². The second kappa shape index (κ2) is 8.23. The lowest BCUT2D eigenvalue weighted by atomic mass is 10.1. The van der Waals surface area contributed by atoms with Gasteiger partial charge in [0.05, 0.1) is 12.3 Å². The molecule has 0 atom stereocenters. The highest BCUT2D eigenvalue weighted by Gasteiger charge is 2.14. The van der Waals surface area contributed by atoms with E-state index in [4.69, 9.17) is 5.26 Å². The first-order chi connectivity index (χ1) is 13.7. The maximum atomic E-state index is 14.5. The fourth-order valence-electron chi connectivity index (χ4n) is 3.42. The molecule has 3 heterocycles. The molecule has 2 N–H and O–H groups in total. The average molecular weight is 379 g/mol. The number of benzene rings is 1. The highest BCUT2D eigenvalue weighted by Crippen LogP contribution is 2.29. The Bertz CT molecular complexity index is 1010. The molecule has 7 nitrogen and oxygen atoms in total. The minimum atomic E-state index is -0.299. The standard InChI is InChI=1S/C20H22FN7/c21-18-4-3-15-13-16(18)17-14-25-28-11-5-19(26-20(17)28)24-8-12-27(9-1-6-22)10-2-7-23-15/h3-5,11,13-14,23H,1-2,7-10,12H2,(H,24,26).